The fourth-order valence-corrected chi connectivity index (χ4v) is 1.63. The van der Waals surface area contributed by atoms with Crippen LogP contribution in [0.1, 0.15) is 11.1 Å². The van der Waals surface area contributed by atoms with Crippen LogP contribution < -0.4 is 0 Å². The lowest BCUT2D eigenvalue weighted by Gasteiger charge is -2.04. The van der Waals surface area contributed by atoms with Gasteiger partial charge in [-0.3, -0.25) is 0 Å². The lowest BCUT2D eigenvalue weighted by Crippen LogP contribution is -1.81. The van der Waals surface area contributed by atoms with Gasteiger partial charge in [0.05, 0.1) is 5.56 Å². The second-order valence-electron chi connectivity index (χ2n) is 3.71. The average Bonchev–Trinajstić information content (AvgIpc) is 2.29. The van der Waals surface area contributed by atoms with Crippen molar-refractivity contribution in [2.24, 2.45) is 0 Å². The Hall–Kier alpha value is -2.27. The van der Waals surface area contributed by atoms with Crippen LogP contribution in [0.15, 0.2) is 42.5 Å². The first-order valence-corrected chi connectivity index (χ1v) is 5.01. The molecule has 78 valence electrons. The highest BCUT2D eigenvalue weighted by molar-refractivity contribution is 5.67. The minimum absolute atomic E-state index is 0.0292. The molecule has 0 aliphatic rings. The molecule has 1 N–H and O–H groups in total. The number of phenols is 1. The molecule has 0 saturated heterocycles. The summed E-state index contributed by atoms with van der Waals surface area (Å²) in [6.45, 7) is 2.02. The van der Waals surface area contributed by atoms with Gasteiger partial charge in [-0.25, -0.2) is 0 Å². The molecule has 2 nitrogen and oxygen atoms in total. The molecule has 16 heavy (non-hydrogen) atoms. The summed E-state index contributed by atoms with van der Waals surface area (Å²) in [6.07, 6.45) is 0. The summed E-state index contributed by atoms with van der Waals surface area (Å²) >= 11 is 0. The van der Waals surface area contributed by atoms with Crippen molar-refractivity contribution >= 4 is 0 Å². The van der Waals surface area contributed by atoms with Gasteiger partial charge in [0.1, 0.15) is 11.8 Å². The normalized spacial score (nSPS) is 9.75. The standard InChI is InChI=1S/C14H11NO/c1-10-3-2-4-11(7-10)12-5-6-13(9-15)14(16)8-12/h2-8,16H,1H3. The van der Waals surface area contributed by atoms with Crippen molar-refractivity contribution in [3.05, 3.63) is 53.6 Å². The third-order valence-corrected chi connectivity index (χ3v) is 2.47. The SMILES string of the molecule is Cc1cccc(-c2ccc(C#N)c(O)c2)c1. The zero-order valence-corrected chi connectivity index (χ0v) is 8.94. The van der Waals surface area contributed by atoms with Crippen molar-refractivity contribution in [3.8, 4) is 22.9 Å². The Kier molecular flexibility index (Phi) is 2.61. The van der Waals surface area contributed by atoms with Gasteiger partial charge in [0.25, 0.3) is 0 Å². The molecule has 0 saturated carbocycles. The highest BCUT2D eigenvalue weighted by atomic mass is 16.3. The van der Waals surface area contributed by atoms with Gasteiger partial charge >= 0.3 is 0 Å². The van der Waals surface area contributed by atoms with E-state index in [1.54, 1.807) is 12.1 Å². The number of benzene rings is 2. The summed E-state index contributed by atoms with van der Waals surface area (Å²) in [4.78, 5) is 0. The van der Waals surface area contributed by atoms with Gasteiger partial charge in [-0.1, -0.05) is 35.9 Å². The maximum absolute atomic E-state index is 9.60. The molecular formula is C14H11NO. The van der Waals surface area contributed by atoms with Crippen LogP contribution >= 0.6 is 0 Å². The van der Waals surface area contributed by atoms with Gasteiger partial charge in [-0.2, -0.15) is 5.26 Å². The number of aromatic hydroxyl groups is 1. The maximum atomic E-state index is 9.60. The van der Waals surface area contributed by atoms with Crippen LogP contribution in [-0.4, -0.2) is 5.11 Å². The van der Waals surface area contributed by atoms with Gasteiger partial charge in [0, 0.05) is 0 Å². The minimum Gasteiger partial charge on any atom is -0.507 e. The predicted molar refractivity (Wildman–Crippen MR) is 63.0 cm³/mol. The van der Waals surface area contributed by atoms with E-state index in [0.717, 1.165) is 11.1 Å². The van der Waals surface area contributed by atoms with Gasteiger partial charge in [0.2, 0.25) is 0 Å². The van der Waals surface area contributed by atoms with E-state index < -0.39 is 0 Å². The van der Waals surface area contributed by atoms with Crippen LogP contribution in [0.25, 0.3) is 11.1 Å². The van der Waals surface area contributed by atoms with Crippen molar-refractivity contribution in [1.82, 2.24) is 0 Å². The molecule has 2 rings (SSSR count). The molecule has 0 aliphatic carbocycles. The number of phenolic OH excluding ortho intramolecular Hbond substituents is 1. The highest BCUT2D eigenvalue weighted by Gasteiger charge is 2.03. The van der Waals surface area contributed by atoms with Crippen LogP contribution in [0.4, 0.5) is 0 Å². The van der Waals surface area contributed by atoms with E-state index in [-0.39, 0.29) is 5.75 Å². The second kappa shape index (κ2) is 4.08. The highest BCUT2D eigenvalue weighted by Crippen LogP contribution is 2.26. The quantitative estimate of drug-likeness (QED) is 0.783. The van der Waals surface area contributed by atoms with E-state index in [1.165, 1.54) is 5.56 Å². The molecule has 0 aliphatic heterocycles. The van der Waals surface area contributed by atoms with Crippen LogP contribution in [0, 0.1) is 18.3 Å². The minimum atomic E-state index is 0.0292. The van der Waals surface area contributed by atoms with Crippen molar-refractivity contribution in [1.29, 1.82) is 5.26 Å². The molecule has 0 spiro atoms. The first-order chi connectivity index (χ1) is 7.70. The first-order valence-electron chi connectivity index (χ1n) is 5.01. The Morgan fingerprint density at radius 2 is 1.81 bits per heavy atom. The summed E-state index contributed by atoms with van der Waals surface area (Å²) < 4.78 is 0. The monoisotopic (exact) mass is 209 g/mol. The summed E-state index contributed by atoms with van der Waals surface area (Å²) in [6, 6.07) is 15.0. The molecule has 0 aromatic heterocycles. The van der Waals surface area contributed by atoms with Crippen LogP contribution in [-0.2, 0) is 0 Å². The fraction of sp³-hybridized carbons (Fsp3) is 0.0714. The van der Waals surface area contributed by atoms with Crippen LogP contribution in [0.5, 0.6) is 5.75 Å². The molecule has 0 atom stereocenters. The zero-order valence-electron chi connectivity index (χ0n) is 8.94. The summed E-state index contributed by atoms with van der Waals surface area (Å²) in [5.74, 6) is 0.0292. The summed E-state index contributed by atoms with van der Waals surface area (Å²) in [5.41, 5.74) is 3.43. The van der Waals surface area contributed by atoms with Crippen LogP contribution in [0.3, 0.4) is 0 Å². The molecule has 0 fully saturated rings. The Balaban J connectivity index is 2.50. The van der Waals surface area contributed by atoms with Gasteiger partial charge < -0.3 is 5.11 Å². The van der Waals surface area contributed by atoms with Crippen molar-refractivity contribution in [2.75, 3.05) is 0 Å². The average molecular weight is 209 g/mol. The molecular weight excluding hydrogens is 198 g/mol. The smallest absolute Gasteiger partial charge is 0.133 e. The molecule has 0 unspecified atom stereocenters. The number of rotatable bonds is 1. The van der Waals surface area contributed by atoms with Crippen molar-refractivity contribution in [3.63, 3.8) is 0 Å². The molecule has 0 bridgehead atoms. The Morgan fingerprint density at radius 1 is 1.06 bits per heavy atom. The second-order valence-corrected chi connectivity index (χ2v) is 3.71. The molecule has 2 aromatic carbocycles. The molecule has 0 heterocycles. The number of hydrogen-bond acceptors (Lipinski definition) is 2. The molecule has 0 radical (unpaired) electrons. The number of nitrogens with zero attached hydrogens (tertiary/aromatic N) is 1. The Bertz CT molecular complexity index is 567. The maximum Gasteiger partial charge on any atom is 0.133 e. The number of nitriles is 1. The molecule has 2 heteroatoms. The van der Waals surface area contributed by atoms with E-state index in [9.17, 15) is 5.11 Å². The third kappa shape index (κ3) is 1.89. The van der Waals surface area contributed by atoms with Crippen molar-refractivity contribution < 1.29 is 5.11 Å². The van der Waals surface area contributed by atoms with Crippen LogP contribution in [0.2, 0.25) is 0 Å². The Morgan fingerprint density at radius 3 is 2.44 bits per heavy atom. The van der Waals surface area contributed by atoms with Gasteiger partial charge in [-0.15, -0.1) is 0 Å². The molecule has 2 aromatic rings. The van der Waals surface area contributed by atoms with Crippen molar-refractivity contribution in [2.45, 2.75) is 6.92 Å². The zero-order chi connectivity index (χ0) is 11.5. The largest absolute Gasteiger partial charge is 0.507 e. The van der Waals surface area contributed by atoms with E-state index in [2.05, 4.69) is 0 Å². The number of hydrogen-bond donors (Lipinski definition) is 1. The lowest BCUT2D eigenvalue weighted by molar-refractivity contribution is 0.474. The van der Waals surface area contributed by atoms with Gasteiger partial charge in [0.15, 0.2) is 0 Å². The lowest BCUT2D eigenvalue weighted by atomic mass is 10.0. The fourth-order valence-electron chi connectivity index (χ4n) is 1.63. The topological polar surface area (TPSA) is 44.0 Å². The van der Waals surface area contributed by atoms with E-state index in [4.69, 9.17) is 5.26 Å². The predicted octanol–water partition coefficient (Wildman–Crippen LogP) is 3.24. The summed E-state index contributed by atoms with van der Waals surface area (Å²) in [7, 11) is 0. The van der Waals surface area contributed by atoms with Gasteiger partial charge in [-0.05, 0) is 30.2 Å². The molecule has 0 amide bonds. The first kappa shape index (κ1) is 10.3. The van der Waals surface area contributed by atoms with E-state index in [1.807, 2.05) is 43.3 Å². The third-order valence-electron chi connectivity index (χ3n) is 2.47. The van der Waals surface area contributed by atoms with E-state index in [0.29, 0.717) is 5.56 Å². The summed E-state index contributed by atoms with van der Waals surface area (Å²) in [5, 5.41) is 18.3. The number of aryl methyl sites for hydroxylation is 1. The van der Waals surface area contributed by atoms with E-state index >= 15 is 0 Å². The Labute approximate surface area is 94.4 Å².